The molecular weight excluding hydrogens is 372 g/mol. The number of benzene rings is 1. The summed E-state index contributed by atoms with van der Waals surface area (Å²) in [4.78, 5) is 39.1. The highest BCUT2D eigenvalue weighted by Crippen LogP contribution is 2.16. The highest BCUT2D eigenvalue weighted by molar-refractivity contribution is 5.94. The van der Waals surface area contributed by atoms with Crippen molar-refractivity contribution in [1.82, 2.24) is 10.2 Å². The van der Waals surface area contributed by atoms with Gasteiger partial charge in [-0.2, -0.15) is 0 Å². The normalized spacial score (nSPS) is 15.6. The molecular formula is C22H26N2O5. The predicted molar refractivity (Wildman–Crippen MR) is 106 cm³/mol. The molecule has 7 heteroatoms. The summed E-state index contributed by atoms with van der Waals surface area (Å²) in [6.45, 7) is 3.20. The van der Waals surface area contributed by atoms with E-state index in [0.29, 0.717) is 19.0 Å². The molecule has 2 amide bonds. The minimum Gasteiger partial charge on any atom is -0.459 e. The number of carbonyl (C=O) groups is 3. The number of nitrogens with one attached hydrogen (secondary N) is 1. The number of hydrogen-bond donors (Lipinski definition) is 1. The van der Waals surface area contributed by atoms with Crippen molar-refractivity contribution in [3.05, 3.63) is 60.1 Å². The van der Waals surface area contributed by atoms with Crippen molar-refractivity contribution in [2.75, 3.05) is 19.7 Å². The van der Waals surface area contributed by atoms with Crippen LogP contribution in [0.4, 0.5) is 0 Å². The molecule has 7 nitrogen and oxygen atoms in total. The van der Waals surface area contributed by atoms with Crippen molar-refractivity contribution in [2.45, 2.75) is 32.2 Å². The van der Waals surface area contributed by atoms with Gasteiger partial charge in [-0.15, -0.1) is 0 Å². The van der Waals surface area contributed by atoms with Gasteiger partial charge >= 0.3 is 5.97 Å². The second-order valence-electron chi connectivity index (χ2n) is 7.36. The molecule has 1 fully saturated rings. The van der Waals surface area contributed by atoms with E-state index in [1.165, 1.54) is 12.3 Å². The van der Waals surface area contributed by atoms with Gasteiger partial charge in [-0.05, 0) is 36.5 Å². The first-order valence-corrected chi connectivity index (χ1v) is 9.85. The fourth-order valence-electron chi connectivity index (χ4n) is 3.26. The molecule has 0 unspecified atom stereocenters. The summed E-state index contributed by atoms with van der Waals surface area (Å²) in [7, 11) is 0. The van der Waals surface area contributed by atoms with E-state index in [0.717, 1.165) is 18.4 Å². The number of furan rings is 1. The first kappa shape index (κ1) is 20.6. The lowest BCUT2D eigenvalue weighted by Crippen LogP contribution is -2.45. The molecule has 1 aliphatic rings. The van der Waals surface area contributed by atoms with Crippen LogP contribution in [-0.4, -0.2) is 48.4 Å². The second-order valence-corrected chi connectivity index (χ2v) is 7.36. The summed E-state index contributed by atoms with van der Waals surface area (Å²) in [5.74, 6) is -0.652. The average Bonchev–Trinajstić information content (AvgIpc) is 3.27. The third-order valence-electron chi connectivity index (χ3n) is 5.09. The summed E-state index contributed by atoms with van der Waals surface area (Å²) in [6.07, 6.45) is 3.55. The van der Waals surface area contributed by atoms with Crippen LogP contribution in [0.5, 0.6) is 0 Å². The maximum absolute atomic E-state index is 12.7. The molecule has 1 N–H and O–H groups in total. The van der Waals surface area contributed by atoms with E-state index in [1.54, 1.807) is 11.0 Å². The number of amides is 2. The SMILES string of the molecule is CC1CCN(C(=O)COC(=O)[C@@H](Cc2ccccc2)NC(=O)c2ccco2)CC1. The summed E-state index contributed by atoms with van der Waals surface area (Å²) < 4.78 is 10.3. The molecule has 154 valence electrons. The van der Waals surface area contributed by atoms with Gasteiger partial charge < -0.3 is 19.4 Å². The van der Waals surface area contributed by atoms with Crippen molar-refractivity contribution >= 4 is 17.8 Å². The van der Waals surface area contributed by atoms with Crippen molar-refractivity contribution < 1.29 is 23.5 Å². The van der Waals surface area contributed by atoms with E-state index in [4.69, 9.17) is 9.15 Å². The molecule has 1 saturated heterocycles. The number of ether oxygens (including phenoxy) is 1. The maximum atomic E-state index is 12.7. The third-order valence-corrected chi connectivity index (χ3v) is 5.09. The molecule has 1 atom stereocenters. The Morgan fingerprint density at radius 3 is 2.52 bits per heavy atom. The Morgan fingerprint density at radius 1 is 1.14 bits per heavy atom. The molecule has 0 spiro atoms. The van der Waals surface area contributed by atoms with E-state index in [9.17, 15) is 14.4 Å². The molecule has 29 heavy (non-hydrogen) atoms. The zero-order valence-corrected chi connectivity index (χ0v) is 16.5. The molecule has 1 aromatic heterocycles. The number of piperidine rings is 1. The van der Waals surface area contributed by atoms with E-state index in [2.05, 4.69) is 12.2 Å². The highest BCUT2D eigenvalue weighted by Gasteiger charge is 2.27. The quantitative estimate of drug-likeness (QED) is 0.724. The summed E-state index contributed by atoms with van der Waals surface area (Å²) >= 11 is 0. The Bertz CT molecular complexity index is 811. The third kappa shape index (κ3) is 5.94. The smallest absolute Gasteiger partial charge is 0.329 e. The zero-order chi connectivity index (χ0) is 20.6. The number of rotatable bonds is 7. The van der Waals surface area contributed by atoms with Gasteiger partial charge in [-0.3, -0.25) is 9.59 Å². The fourth-order valence-corrected chi connectivity index (χ4v) is 3.26. The van der Waals surface area contributed by atoms with Crippen LogP contribution in [0, 0.1) is 5.92 Å². The van der Waals surface area contributed by atoms with Crippen LogP contribution in [0.25, 0.3) is 0 Å². The molecule has 2 aromatic rings. The molecule has 1 aromatic carbocycles. The molecule has 0 aliphatic carbocycles. The van der Waals surface area contributed by atoms with E-state index in [1.807, 2.05) is 30.3 Å². The van der Waals surface area contributed by atoms with E-state index in [-0.39, 0.29) is 24.7 Å². The van der Waals surface area contributed by atoms with Gasteiger partial charge in [0.15, 0.2) is 12.4 Å². The second kappa shape index (κ2) is 9.91. The van der Waals surface area contributed by atoms with Crippen LogP contribution >= 0.6 is 0 Å². The predicted octanol–water partition coefficient (Wildman–Crippen LogP) is 2.42. The van der Waals surface area contributed by atoms with Crippen LogP contribution < -0.4 is 5.32 Å². The van der Waals surface area contributed by atoms with Gasteiger partial charge in [-0.25, -0.2) is 4.79 Å². The Labute approximate surface area is 170 Å². The lowest BCUT2D eigenvalue weighted by atomic mass is 9.99. The van der Waals surface area contributed by atoms with Gasteiger partial charge in [0.05, 0.1) is 6.26 Å². The Hall–Kier alpha value is -3.09. The van der Waals surface area contributed by atoms with Crippen LogP contribution in [0.1, 0.15) is 35.9 Å². The molecule has 0 saturated carbocycles. The first-order chi connectivity index (χ1) is 14.0. The highest BCUT2D eigenvalue weighted by atomic mass is 16.5. The monoisotopic (exact) mass is 398 g/mol. The van der Waals surface area contributed by atoms with Crippen LogP contribution in [-0.2, 0) is 20.7 Å². The number of nitrogens with zero attached hydrogens (tertiary/aromatic N) is 1. The van der Waals surface area contributed by atoms with Crippen LogP contribution in [0.3, 0.4) is 0 Å². The van der Waals surface area contributed by atoms with Gasteiger partial charge in [0.2, 0.25) is 0 Å². The summed E-state index contributed by atoms with van der Waals surface area (Å²) in [5.41, 5.74) is 0.866. The minimum absolute atomic E-state index is 0.106. The van der Waals surface area contributed by atoms with Crippen LogP contribution in [0.2, 0.25) is 0 Å². The lowest BCUT2D eigenvalue weighted by molar-refractivity contribution is -0.154. The number of hydrogen-bond acceptors (Lipinski definition) is 5. The van der Waals surface area contributed by atoms with E-state index < -0.39 is 17.9 Å². The first-order valence-electron chi connectivity index (χ1n) is 9.85. The Kier molecular flexibility index (Phi) is 7.05. The Balaban J connectivity index is 1.60. The van der Waals surface area contributed by atoms with E-state index >= 15 is 0 Å². The molecule has 0 bridgehead atoms. The van der Waals surface area contributed by atoms with Gasteiger partial charge in [-0.1, -0.05) is 37.3 Å². The van der Waals surface area contributed by atoms with Crippen molar-refractivity contribution in [3.63, 3.8) is 0 Å². The number of carbonyl (C=O) groups excluding carboxylic acids is 3. The van der Waals surface area contributed by atoms with Gasteiger partial charge in [0.1, 0.15) is 6.04 Å². The Morgan fingerprint density at radius 2 is 1.86 bits per heavy atom. The number of esters is 1. The fraction of sp³-hybridized carbons (Fsp3) is 0.409. The standard InChI is InChI=1S/C22H26N2O5/c1-16-9-11-24(12-10-16)20(25)15-29-22(27)18(14-17-6-3-2-4-7-17)23-21(26)19-8-5-13-28-19/h2-8,13,16,18H,9-12,14-15H2,1H3,(H,23,26)/t18-/m1/s1. The molecule has 3 rings (SSSR count). The largest absolute Gasteiger partial charge is 0.459 e. The van der Waals surface area contributed by atoms with Gasteiger partial charge in [0.25, 0.3) is 11.8 Å². The number of likely N-dealkylation sites (tertiary alicyclic amines) is 1. The molecule has 1 aliphatic heterocycles. The zero-order valence-electron chi connectivity index (χ0n) is 16.5. The molecule has 0 radical (unpaired) electrons. The van der Waals surface area contributed by atoms with Crippen molar-refractivity contribution in [2.24, 2.45) is 5.92 Å². The maximum Gasteiger partial charge on any atom is 0.329 e. The average molecular weight is 398 g/mol. The lowest BCUT2D eigenvalue weighted by Gasteiger charge is -2.30. The van der Waals surface area contributed by atoms with Crippen molar-refractivity contribution in [1.29, 1.82) is 0 Å². The topological polar surface area (TPSA) is 88.9 Å². The molecule has 2 heterocycles. The summed E-state index contributed by atoms with van der Waals surface area (Å²) in [6, 6.07) is 11.5. The summed E-state index contributed by atoms with van der Waals surface area (Å²) in [5, 5.41) is 2.64. The van der Waals surface area contributed by atoms with Gasteiger partial charge in [0, 0.05) is 19.5 Å². The van der Waals surface area contributed by atoms with Crippen LogP contribution in [0.15, 0.2) is 53.1 Å². The minimum atomic E-state index is -0.927. The van der Waals surface area contributed by atoms with Crippen molar-refractivity contribution in [3.8, 4) is 0 Å².